The molecule has 0 unspecified atom stereocenters. The second kappa shape index (κ2) is 7.25. The number of nitrogens with two attached hydrogens (primary N) is 1. The monoisotopic (exact) mass is 243 g/mol. The van der Waals surface area contributed by atoms with Crippen LogP contribution in [0.3, 0.4) is 0 Å². The van der Waals surface area contributed by atoms with Crippen molar-refractivity contribution in [3.8, 4) is 6.07 Å². The quantitative estimate of drug-likeness (QED) is 0.777. The molecule has 1 amide bonds. The lowest BCUT2D eigenvalue weighted by molar-refractivity contribution is -0.118. The van der Waals surface area contributed by atoms with Crippen molar-refractivity contribution in [1.29, 1.82) is 5.26 Å². The number of para-hydroxylation sites is 1. The number of amides is 1. The predicted molar refractivity (Wildman–Crippen MR) is 71.8 cm³/mol. The molecule has 0 bridgehead atoms. The second-order valence-corrected chi connectivity index (χ2v) is 3.94. The molecule has 0 aliphatic rings. The van der Waals surface area contributed by atoms with Crippen molar-refractivity contribution in [3.05, 3.63) is 42.0 Å². The molecule has 0 heterocycles. The molecule has 1 atom stereocenters. The van der Waals surface area contributed by atoms with E-state index in [1.165, 1.54) is 0 Å². The third-order valence-electron chi connectivity index (χ3n) is 2.48. The van der Waals surface area contributed by atoms with Crippen LogP contribution in [-0.2, 0) is 4.79 Å². The number of anilines is 1. The Morgan fingerprint density at radius 2 is 2.28 bits per heavy atom. The summed E-state index contributed by atoms with van der Waals surface area (Å²) in [6, 6.07) is 8.97. The minimum atomic E-state index is -0.247. The zero-order valence-corrected chi connectivity index (χ0v) is 10.4. The summed E-state index contributed by atoms with van der Waals surface area (Å²) in [4.78, 5) is 11.9. The minimum Gasteiger partial charge on any atom is -0.330 e. The van der Waals surface area contributed by atoms with Gasteiger partial charge in [-0.3, -0.25) is 4.79 Å². The van der Waals surface area contributed by atoms with E-state index in [4.69, 9.17) is 11.0 Å². The van der Waals surface area contributed by atoms with Gasteiger partial charge in [0.25, 0.3) is 0 Å². The maximum Gasteiger partial charge on any atom is 0.231 e. The van der Waals surface area contributed by atoms with Gasteiger partial charge >= 0.3 is 0 Å². The molecule has 0 aromatic heterocycles. The van der Waals surface area contributed by atoms with Crippen LogP contribution in [0.2, 0.25) is 0 Å². The van der Waals surface area contributed by atoms with Crippen molar-refractivity contribution < 1.29 is 4.79 Å². The second-order valence-electron chi connectivity index (χ2n) is 3.94. The van der Waals surface area contributed by atoms with Crippen molar-refractivity contribution in [3.63, 3.8) is 0 Å². The van der Waals surface area contributed by atoms with E-state index in [1.807, 2.05) is 18.2 Å². The van der Waals surface area contributed by atoms with E-state index < -0.39 is 0 Å². The number of benzene rings is 1. The van der Waals surface area contributed by atoms with E-state index in [0.717, 1.165) is 6.42 Å². The molecule has 0 spiro atoms. The van der Waals surface area contributed by atoms with Crippen LogP contribution in [0.5, 0.6) is 0 Å². The normalized spacial score (nSPS) is 12.1. The fraction of sp³-hybridized carbons (Fsp3) is 0.286. The van der Waals surface area contributed by atoms with Crippen LogP contribution in [-0.4, -0.2) is 12.5 Å². The highest BCUT2D eigenvalue weighted by Crippen LogP contribution is 2.15. The summed E-state index contributed by atoms with van der Waals surface area (Å²) in [5.74, 6) is -0.380. The number of hydrogen-bond donors (Lipinski definition) is 2. The first-order valence-electron chi connectivity index (χ1n) is 5.85. The first-order valence-corrected chi connectivity index (χ1v) is 5.85. The van der Waals surface area contributed by atoms with Gasteiger partial charge in [-0.2, -0.15) is 5.26 Å². The van der Waals surface area contributed by atoms with Crippen LogP contribution in [0.15, 0.2) is 36.4 Å². The lowest BCUT2D eigenvalue weighted by atomic mass is 10.1. The zero-order chi connectivity index (χ0) is 13.4. The largest absolute Gasteiger partial charge is 0.330 e. The van der Waals surface area contributed by atoms with Crippen LogP contribution in [0.25, 0.3) is 0 Å². The number of nitrogens with one attached hydrogen (secondary N) is 1. The van der Waals surface area contributed by atoms with E-state index >= 15 is 0 Å². The summed E-state index contributed by atoms with van der Waals surface area (Å²) in [5.41, 5.74) is 6.37. The van der Waals surface area contributed by atoms with Gasteiger partial charge in [-0.05, 0) is 25.1 Å². The SMILES string of the molecule is C[C@@H](/C=C\CCN)C(=O)Nc1ccccc1C#N. The molecular formula is C14H17N3O. The molecule has 0 saturated carbocycles. The zero-order valence-electron chi connectivity index (χ0n) is 10.4. The molecule has 0 aliphatic carbocycles. The molecule has 4 heteroatoms. The van der Waals surface area contributed by atoms with Gasteiger partial charge in [-0.15, -0.1) is 0 Å². The number of rotatable bonds is 5. The van der Waals surface area contributed by atoms with Crippen molar-refractivity contribution >= 4 is 11.6 Å². The molecule has 1 rings (SSSR count). The highest BCUT2D eigenvalue weighted by Gasteiger charge is 2.11. The molecule has 1 aromatic carbocycles. The molecule has 3 N–H and O–H groups in total. The Balaban J connectivity index is 2.67. The van der Waals surface area contributed by atoms with Gasteiger partial charge in [-0.1, -0.05) is 31.2 Å². The number of carbonyl (C=O) groups is 1. The molecule has 94 valence electrons. The maximum absolute atomic E-state index is 11.9. The Kier molecular flexibility index (Phi) is 5.62. The molecule has 0 saturated heterocycles. The standard InChI is InChI=1S/C14H17N3O/c1-11(6-4-5-9-15)14(18)17-13-8-3-2-7-12(13)10-16/h2-4,6-8,11H,5,9,15H2,1H3,(H,17,18)/b6-4-/t11-/m0/s1. The molecule has 18 heavy (non-hydrogen) atoms. The van der Waals surface area contributed by atoms with Crippen LogP contribution in [0.4, 0.5) is 5.69 Å². The summed E-state index contributed by atoms with van der Waals surface area (Å²) in [6.45, 7) is 2.37. The van der Waals surface area contributed by atoms with Gasteiger partial charge in [0.15, 0.2) is 0 Å². The average Bonchev–Trinajstić information content (AvgIpc) is 2.39. The first kappa shape index (κ1) is 13.9. The maximum atomic E-state index is 11.9. The van der Waals surface area contributed by atoms with E-state index in [2.05, 4.69) is 5.32 Å². The van der Waals surface area contributed by atoms with Crippen molar-refractivity contribution in [2.75, 3.05) is 11.9 Å². The number of nitriles is 1. The molecule has 0 radical (unpaired) electrons. The molecule has 4 nitrogen and oxygen atoms in total. The van der Waals surface area contributed by atoms with E-state index in [1.54, 1.807) is 31.2 Å². The summed E-state index contributed by atoms with van der Waals surface area (Å²) in [5, 5.41) is 11.7. The van der Waals surface area contributed by atoms with Crippen molar-refractivity contribution in [1.82, 2.24) is 0 Å². The van der Waals surface area contributed by atoms with Gasteiger partial charge in [0, 0.05) is 0 Å². The summed E-state index contributed by atoms with van der Waals surface area (Å²) in [6.07, 6.45) is 4.46. The van der Waals surface area contributed by atoms with Gasteiger partial charge in [0.1, 0.15) is 6.07 Å². The van der Waals surface area contributed by atoms with Crippen LogP contribution >= 0.6 is 0 Å². The topological polar surface area (TPSA) is 78.9 Å². The van der Waals surface area contributed by atoms with Crippen molar-refractivity contribution in [2.24, 2.45) is 11.7 Å². The lowest BCUT2D eigenvalue weighted by Gasteiger charge is -2.09. The third-order valence-corrected chi connectivity index (χ3v) is 2.48. The highest BCUT2D eigenvalue weighted by atomic mass is 16.1. The fourth-order valence-corrected chi connectivity index (χ4v) is 1.42. The Labute approximate surface area is 107 Å². The number of nitrogens with zero attached hydrogens (tertiary/aromatic N) is 1. The van der Waals surface area contributed by atoms with E-state index in [0.29, 0.717) is 17.8 Å². The predicted octanol–water partition coefficient (Wildman–Crippen LogP) is 2.04. The minimum absolute atomic E-state index is 0.133. The first-order chi connectivity index (χ1) is 8.69. The lowest BCUT2D eigenvalue weighted by Crippen LogP contribution is -2.19. The van der Waals surface area contributed by atoms with Gasteiger partial charge in [0.2, 0.25) is 5.91 Å². The van der Waals surface area contributed by atoms with E-state index in [9.17, 15) is 4.79 Å². The Morgan fingerprint density at radius 3 is 2.94 bits per heavy atom. The van der Waals surface area contributed by atoms with Crippen LogP contribution in [0.1, 0.15) is 18.9 Å². The van der Waals surface area contributed by atoms with Gasteiger partial charge in [0.05, 0.1) is 17.2 Å². The van der Waals surface area contributed by atoms with Crippen LogP contribution in [0, 0.1) is 17.2 Å². The molecular weight excluding hydrogens is 226 g/mol. The molecule has 0 fully saturated rings. The van der Waals surface area contributed by atoms with Gasteiger partial charge in [-0.25, -0.2) is 0 Å². The molecule has 1 aromatic rings. The Morgan fingerprint density at radius 1 is 1.56 bits per heavy atom. The Hall–Kier alpha value is -2.12. The smallest absolute Gasteiger partial charge is 0.231 e. The molecule has 0 aliphatic heterocycles. The van der Waals surface area contributed by atoms with Gasteiger partial charge < -0.3 is 11.1 Å². The third kappa shape index (κ3) is 4.04. The average molecular weight is 243 g/mol. The van der Waals surface area contributed by atoms with E-state index in [-0.39, 0.29) is 11.8 Å². The highest BCUT2D eigenvalue weighted by molar-refractivity contribution is 5.94. The van der Waals surface area contributed by atoms with Crippen LogP contribution < -0.4 is 11.1 Å². The Bertz CT molecular complexity index is 474. The summed E-state index contributed by atoms with van der Waals surface area (Å²) in [7, 11) is 0. The van der Waals surface area contributed by atoms with Crippen molar-refractivity contribution in [2.45, 2.75) is 13.3 Å². The summed E-state index contributed by atoms with van der Waals surface area (Å²) >= 11 is 0. The fourth-order valence-electron chi connectivity index (χ4n) is 1.42. The number of hydrogen-bond acceptors (Lipinski definition) is 3. The number of carbonyl (C=O) groups excluding carboxylic acids is 1. The summed E-state index contributed by atoms with van der Waals surface area (Å²) < 4.78 is 0.